The van der Waals surface area contributed by atoms with Gasteiger partial charge in [0, 0.05) is 11.1 Å². The standard InChI is InChI=1S/C15H25ClN2/c1-12(2)7-9-18-10-8-15(17)11-13-3-5-14(16)6-4-13/h3-6,12,15,18H,7-11,17H2,1-2H3/t15-/m1/s1. The first-order chi connectivity index (χ1) is 8.58. The van der Waals surface area contributed by atoms with E-state index < -0.39 is 0 Å². The Morgan fingerprint density at radius 1 is 1.11 bits per heavy atom. The Kier molecular flexibility index (Phi) is 7.33. The summed E-state index contributed by atoms with van der Waals surface area (Å²) in [5, 5.41) is 4.22. The molecule has 3 heteroatoms. The summed E-state index contributed by atoms with van der Waals surface area (Å²) in [5.74, 6) is 0.764. The second kappa shape index (κ2) is 8.52. The molecule has 0 bridgehead atoms. The first kappa shape index (κ1) is 15.5. The van der Waals surface area contributed by atoms with Crippen LogP contribution in [0.3, 0.4) is 0 Å². The van der Waals surface area contributed by atoms with Gasteiger partial charge in [0.05, 0.1) is 0 Å². The molecule has 1 aromatic carbocycles. The molecule has 0 fully saturated rings. The lowest BCUT2D eigenvalue weighted by Crippen LogP contribution is -2.29. The molecule has 3 N–H and O–H groups in total. The molecule has 0 heterocycles. The van der Waals surface area contributed by atoms with Crippen molar-refractivity contribution >= 4 is 11.6 Å². The number of halogens is 1. The van der Waals surface area contributed by atoms with Crippen LogP contribution in [0.25, 0.3) is 0 Å². The van der Waals surface area contributed by atoms with E-state index >= 15 is 0 Å². The van der Waals surface area contributed by atoms with Gasteiger partial charge >= 0.3 is 0 Å². The summed E-state index contributed by atoms with van der Waals surface area (Å²) < 4.78 is 0. The summed E-state index contributed by atoms with van der Waals surface area (Å²) in [7, 11) is 0. The third-order valence-corrected chi connectivity index (χ3v) is 3.25. The molecule has 0 aromatic heterocycles. The second-order valence-electron chi connectivity index (χ2n) is 5.31. The van der Waals surface area contributed by atoms with Gasteiger partial charge in [-0.05, 0) is 56.0 Å². The van der Waals surface area contributed by atoms with Gasteiger partial charge in [-0.1, -0.05) is 37.6 Å². The van der Waals surface area contributed by atoms with Crippen molar-refractivity contribution in [2.75, 3.05) is 13.1 Å². The molecule has 1 aromatic rings. The van der Waals surface area contributed by atoms with Crippen LogP contribution in [-0.2, 0) is 6.42 Å². The van der Waals surface area contributed by atoms with Crippen LogP contribution in [-0.4, -0.2) is 19.1 Å². The van der Waals surface area contributed by atoms with Crippen molar-refractivity contribution in [3.8, 4) is 0 Å². The van der Waals surface area contributed by atoms with Crippen molar-refractivity contribution in [2.45, 2.75) is 39.2 Å². The van der Waals surface area contributed by atoms with Gasteiger partial charge in [0.1, 0.15) is 0 Å². The van der Waals surface area contributed by atoms with Gasteiger partial charge in [-0.15, -0.1) is 0 Å². The van der Waals surface area contributed by atoms with Crippen LogP contribution in [0.5, 0.6) is 0 Å². The summed E-state index contributed by atoms with van der Waals surface area (Å²) in [6.07, 6.45) is 3.16. The van der Waals surface area contributed by atoms with Gasteiger partial charge in [-0.2, -0.15) is 0 Å². The van der Waals surface area contributed by atoms with Gasteiger partial charge in [0.15, 0.2) is 0 Å². The average molecular weight is 269 g/mol. The number of nitrogens with two attached hydrogens (primary N) is 1. The lowest BCUT2D eigenvalue weighted by Gasteiger charge is -2.13. The molecule has 0 aliphatic rings. The molecule has 1 atom stereocenters. The predicted molar refractivity (Wildman–Crippen MR) is 80.1 cm³/mol. The second-order valence-corrected chi connectivity index (χ2v) is 5.75. The van der Waals surface area contributed by atoms with E-state index in [1.54, 1.807) is 0 Å². The lowest BCUT2D eigenvalue weighted by molar-refractivity contribution is 0.509. The van der Waals surface area contributed by atoms with Gasteiger partial charge in [-0.25, -0.2) is 0 Å². The first-order valence-corrected chi connectivity index (χ1v) is 7.16. The van der Waals surface area contributed by atoms with Crippen LogP contribution < -0.4 is 11.1 Å². The zero-order chi connectivity index (χ0) is 13.4. The van der Waals surface area contributed by atoms with Crippen LogP contribution in [0, 0.1) is 5.92 Å². The first-order valence-electron chi connectivity index (χ1n) is 6.78. The van der Waals surface area contributed by atoms with E-state index in [0.717, 1.165) is 36.9 Å². The molecule has 0 aliphatic carbocycles. The van der Waals surface area contributed by atoms with E-state index in [2.05, 4.69) is 19.2 Å². The zero-order valence-corrected chi connectivity index (χ0v) is 12.2. The Morgan fingerprint density at radius 3 is 2.33 bits per heavy atom. The Morgan fingerprint density at radius 2 is 1.72 bits per heavy atom. The number of hydrogen-bond acceptors (Lipinski definition) is 2. The normalized spacial score (nSPS) is 12.9. The van der Waals surface area contributed by atoms with Gasteiger partial charge in [-0.3, -0.25) is 0 Å². The number of benzene rings is 1. The predicted octanol–water partition coefficient (Wildman–Crippen LogP) is 3.24. The fourth-order valence-electron chi connectivity index (χ4n) is 1.83. The van der Waals surface area contributed by atoms with E-state index in [0.29, 0.717) is 0 Å². The molecule has 102 valence electrons. The quantitative estimate of drug-likeness (QED) is 0.711. The molecule has 0 amide bonds. The Balaban J connectivity index is 2.13. The molecule has 2 nitrogen and oxygen atoms in total. The molecule has 0 aliphatic heterocycles. The van der Waals surface area contributed by atoms with Crippen LogP contribution in [0.2, 0.25) is 5.02 Å². The summed E-state index contributed by atoms with van der Waals surface area (Å²) in [4.78, 5) is 0. The maximum atomic E-state index is 6.11. The smallest absolute Gasteiger partial charge is 0.0406 e. The van der Waals surface area contributed by atoms with E-state index in [1.807, 2.05) is 24.3 Å². The summed E-state index contributed by atoms with van der Waals surface area (Å²) >= 11 is 5.85. The van der Waals surface area contributed by atoms with Crippen LogP contribution in [0.1, 0.15) is 32.3 Å². The minimum atomic E-state index is 0.220. The largest absolute Gasteiger partial charge is 0.327 e. The molecule has 0 unspecified atom stereocenters. The molecular formula is C15H25ClN2. The number of rotatable bonds is 8. The molecule has 18 heavy (non-hydrogen) atoms. The van der Waals surface area contributed by atoms with Crippen molar-refractivity contribution in [1.82, 2.24) is 5.32 Å². The Hall–Kier alpha value is -0.570. The van der Waals surface area contributed by atoms with E-state index in [-0.39, 0.29) is 6.04 Å². The topological polar surface area (TPSA) is 38.0 Å². The highest BCUT2D eigenvalue weighted by molar-refractivity contribution is 6.30. The third-order valence-electron chi connectivity index (χ3n) is 3.00. The fourth-order valence-corrected chi connectivity index (χ4v) is 1.95. The summed E-state index contributed by atoms with van der Waals surface area (Å²) in [6.45, 7) is 6.58. The van der Waals surface area contributed by atoms with E-state index in [4.69, 9.17) is 17.3 Å². The SMILES string of the molecule is CC(C)CCNCC[C@@H](N)Cc1ccc(Cl)cc1. The lowest BCUT2D eigenvalue weighted by atomic mass is 10.0. The van der Waals surface area contributed by atoms with Crippen molar-refractivity contribution in [1.29, 1.82) is 0 Å². The van der Waals surface area contributed by atoms with E-state index in [1.165, 1.54) is 12.0 Å². The Bertz CT molecular complexity index is 322. The molecular weight excluding hydrogens is 244 g/mol. The molecule has 0 saturated heterocycles. The molecule has 0 saturated carbocycles. The highest BCUT2D eigenvalue weighted by atomic mass is 35.5. The van der Waals surface area contributed by atoms with Gasteiger partial charge < -0.3 is 11.1 Å². The minimum Gasteiger partial charge on any atom is -0.327 e. The summed E-state index contributed by atoms with van der Waals surface area (Å²) in [6, 6.07) is 8.16. The zero-order valence-electron chi connectivity index (χ0n) is 11.5. The van der Waals surface area contributed by atoms with Gasteiger partial charge in [0.25, 0.3) is 0 Å². The van der Waals surface area contributed by atoms with Gasteiger partial charge in [0.2, 0.25) is 0 Å². The summed E-state index contributed by atoms with van der Waals surface area (Å²) in [5.41, 5.74) is 7.37. The maximum Gasteiger partial charge on any atom is 0.0406 e. The monoisotopic (exact) mass is 268 g/mol. The molecule has 0 spiro atoms. The molecule has 1 rings (SSSR count). The average Bonchev–Trinajstić information content (AvgIpc) is 2.31. The maximum absolute atomic E-state index is 6.11. The fraction of sp³-hybridized carbons (Fsp3) is 0.600. The van der Waals surface area contributed by atoms with Crippen LogP contribution in [0.15, 0.2) is 24.3 Å². The van der Waals surface area contributed by atoms with Crippen molar-refractivity contribution < 1.29 is 0 Å². The van der Waals surface area contributed by atoms with Crippen LogP contribution >= 0.6 is 11.6 Å². The van der Waals surface area contributed by atoms with Crippen molar-refractivity contribution in [3.63, 3.8) is 0 Å². The highest BCUT2D eigenvalue weighted by Gasteiger charge is 2.04. The van der Waals surface area contributed by atoms with E-state index in [9.17, 15) is 0 Å². The third kappa shape index (κ3) is 7.00. The van der Waals surface area contributed by atoms with Crippen LogP contribution in [0.4, 0.5) is 0 Å². The highest BCUT2D eigenvalue weighted by Crippen LogP contribution is 2.11. The Labute approximate surface area is 116 Å². The number of nitrogens with one attached hydrogen (secondary N) is 1. The number of hydrogen-bond donors (Lipinski definition) is 2. The van der Waals surface area contributed by atoms with Crippen molar-refractivity contribution in [2.24, 2.45) is 11.7 Å². The van der Waals surface area contributed by atoms with Crippen molar-refractivity contribution in [3.05, 3.63) is 34.9 Å². The molecule has 0 radical (unpaired) electrons. The minimum absolute atomic E-state index is 0.220.